The Morgan fingerprint density at radius 3 is 2.31 bits per heavy atom. The molecular formula is C22H23N5OS. The lowest BCUT2D eigenvalue weighted by molar-refractivity contribution is 0.100. The lowest BCUT2D eigenvalue weighted by Crippen LogP contribution is -2.46. The van der Waals surface area contributed by atoms with Crippen LogP contribution < -0.4 is 15.5 Å². The van der Waals surface area contributed by atoms with Crippen molar-refractivity contribution in [1.29, 1.82) is 0 Å². The number of rotatable bonds is 6. The number of carbonyl (C=O) groups is 1. The summed E-state index contributed by atoms with van der Waals surface area (Å²) in [4.78, 5) is 25.0. The van der Waals surface area contributed by atoms with Crippen molar-refractivity contribution in [3.63, 3.8) is 0 Å². The number of hydrogen-bond acceptors (Lipinski definition) is 6. The molecule has 0 saturated carbocycles. The van der Waals surface area contributed by atoms with Crippen LogP contribution in [0.25, 0.3) is 0 Å². The Hall–Kier alpha value is -3.06. The molecule has 6 nitrogen and oxygen atoms in total. The van der Waals surface area contributed by atoms with E-state index < -0.39 is 5.91 Å². The van der Waals surface area contributed by atoms with Crippen LogP contribution in [0.3, 0.4) is 0 Å². The molecule has 2 N–H and O–H groups in total. The summed E-state index contributed by atoms with van der Waals surface area (Å²) in [7, 11) is 0. The molecule has 1 saturated heterocycles. The second-order valence-corrected chi connectivity index (χ2v) is 7.87. The van der Waals surface area contributed by atoms with Crippen molar-refractivity contribution < 1.29 is 4.79 Å². The van der Waals surface area contributed by atoms with Crippen molar-refractivity contribution in [3.8, 4) is 0 Å². The van der Waals surface area contributed by atoms with E-state index in [1.54, 1.807) is 23.9 Å². The average molecular weight is 406 g/mol. The molecule has 0 spiro atoms. The molecule has 1 fully saturated rings. The highest BCUT2D eigenvalue weighted by molar-refractivity contribution is 7.98. The van der Waals surface area contributed by atoms with Gasteiger partial charge in [0.15, 0.2) is 0 Å². The summed E-state index contributed by atoms with van der Waals surface area (Å²) in [5, 5.41) is 0.941. The lowest BCUT2D eigenvalue weighted by atomic mass is 10.1. The number of aromatic nitrogens is 2. The molecule has 148 valence electrons. The Balaban J connectivity index is 1.35. The van der Waals surface area contributed by atoms with Crippen molar-refractivity contribution in [2.75, 3.05) is 36.0 Å². The van der Waals surface area contributed by atoms with Crippen LogP contribution in [0, 0.1) is 0 Å². The summed E-state index contributed by atoms with van der Waals surface area (Å²) in [6.07, 6.45) is 3.66. The summed E-state index contributed by atoms with van der Waals surface area (Å²) in [6.45, 7) is 3.52. The third kappa shape index (κ3) is 4.86. The fourth-order valence-corrected chi connectivity index (χ4v) is 4.12. The number of piperazine rings is 1. The van der Waals surface area contributed by atoms with Gasteiger partial charge >= 0.3 is 0 Å². The minimum absolute atomic E-state index is 0.398. The van der Waals surface area contributed by atoms with Crippen molar-refractivity contribution in [2.24, 2.45) is 5.73 Å². The summed E-state index contributed by atoms with van der Waals surface area (Å²) < 4.78 is 0. The van der Waals surface area contributed by atoms with Gasteiger partial charge in [-0.3, -0.25) is 9.78 Å². The van der Waals surface area contributed by atoms with E-state index in [9.17, 15) is 4.79 Å². The van der Waals surface area contributed by atoms with Crippen LogP contribution in [-0.4, -0.2) is 42.1 Å². The van der Waals surface area contributed by atoms with Crippen molar-refractivity contribution in [1.82, 2.24) is 9.97 Å². The van der Waals surface area contributed by atoms with Crippen LogP contribution in [0.5, 0.6) is 0 Å². The molecule has 0 unspecified atom stereocenters. The monoisotopic (exact) mass is 405 g/mol. The van der Waals surface area contributed by atoms with E-state index in [0.717, 1.165) is 48.5 Å². The molecule has 1 aliphatic rings. The van der Waals surface area contributed by atoms with E-state index in [-0.39, 0.29) is 0 Å². The predicted molar refractivity (Wildman–Crippen MR) is 117 cm³/mol. The first-order valence-electron chi connectivity index (χ1n) is 9.57. The molecule has 4 rings (SSSR count). The molecule has 29 heavy (non-hydrogen) atoms. The highest BCUT2D eigenvalue weighted by Crippen LogP contribution is 2.24. The second kappa shape index (κ2) is 8.96. The largest absolute Gasteiger partial charge is 0.368 e. The number of hydrogen-bond donors (Lipinski definition) is 1. The second-order valence-electron chi connectivity index (χ2n) is 6.88. The first-order valence-corrected chi connectivity index (χ1v) is 10.6. The number of amides is 1. The van der Waals surface area contributed by atoms with Gasteiger partial charge in [0.25, 0.3) is 0 Å². The van der Waals surface area contributed by atoms with Gasteiger partial charge in [0.05, 0.1) is 12.4 Å². The fraction of sp³-hybridized carbons (Fsp3) is 0.227. The summed E-state index contributed by atoms with van der Waals surface area (Å²) in [5.41, 5.74) is 8.24. The van der Waals surface area contributed by atoms with Crippen LogP contribution in [0.15, 0.2) is 72.0 Å². The van der Waals surface area contributed by atoms with Crippen molar-refractivity contribution in [2.45, 2.75) is 10.8 Å². The average Bonchev–Trinajstić information content (AvgIpc) is 2.79. The normalized spacial score (nSPS) is 14.1. The minimum Gasteiger partial charge on any atom is -0.368 e. The van der Waals surface area contributed by atoms with Gasteiger partial charge < -0.3 is 15.5 Å². The summed E-state index contributed by atoms with van der Waals surface area (Å²) in [5.74, 6) is 1.41. The van der Waals surface area contributed by atoms with Crippen LogP contribution in [0.4, 0.5) is 11.5 Å². The molecule has 2 aromatic carbocycles. The Labute approximate surface area is 174 Å². The van der Waals surface area contributed by atoms with E-state index >= 15 is 0 Å². The molecule has 2 heterocycles. The third-order valence-corrected chi connectivity index (χ3v) is 5.92. The SMILES string of the molecule is NC(=O)c1ccc(N2CCN(c3cncc(SCc4ccccc4)n3)CC2)cc1. The lowest BCUT2D eigenvalue weighted by Gasteiger charge is -2.36. The quantitative estimate of drug-likeness (QED) is 0.635. The summed E-state index contributed by atoms with van der Waals surface area (Å²) in [6, 6.07) is 17.9. The van der Waals surface area contributed by atoms with E-state index in [1.165, 1.54) is 5.56 Å². The van der Waals surface area contributed by atoms with Crippen LogP contribution >= 0.6 is 11.8 Å². The van der Waals surface area contributed by atoms with Gasteiger partial charge in [0, 0.05) is 43.2 Å². The maximum Gasteiger partial charge on any atom is 0.248 e. The third-order valence-electron chi connectivity index (χ3n) is 4.95. The Bertz CT molecular complexity index is 956. The highest BCUT2D eigenvalue weighted by atomic mass is 32.2. The van der Waals surface area contributed by atoms with Gasteiger partial charge in [0.1, 0.15) is 10.8 Å². The first kappa shape index (κ1) is 19.3. The zero-order valence-electron chi connectivity index (χ0n) is 16.1. The topological polar surface area (TPSA) is 75.4 Å². The van der Waals surface area contributed by atoms with Crippen LogP contribution in [0.2, 0.25) is 0 Å². The Kier molecular flexibility index (Phi) is 5.95. The molecule has 3 aromatic rings. The smallest absolute Gasteiger partial charge is 0.248 e. The maximum atomic E-state index is 11.2. The van der Waals surface area contributed by atoms with Crippen LogP contribution in [0.1, 0.15) is 15.9 Å². The number of benzene rings is 2. The van der Waals surface area contributed by atoms with Crippen molar-refractivity contribution >= 4 is 29.2 Å². The number of anilines is 2. The zero-order valence-corrected chi connectivity index (χ0v) is 16.9. The first-order chi connectivity index (χ1) is 14.2. The molecule has 7 heteroatoms. The van der Waals surface area contributed by atoms with E-state index in [0.29, 0.717) is 5.56 Å². The summed E-state index contributed by atoms with van der Waals surface area (Å²) >= 11 is 1.70. The van der Waals surface area contributed by atoms with Gasteiger partial charge in [0.2, 0.25) is 5.91 Å². The van der Waals surface area contributed by atoms with Gasteiger partial charge in [-0.05, 0) is 29.8 Å². The number of thioether (sulfide) groups is 1. The minimum atomic E-state index is -0.398. The molecular weight excluding hydrogens is 382 g/mol. The molecule has 0 radical (unpaired) electrons. The van der Waals surface area contributed by atoms with Gasteiger partial charge in [-0.2, -0.15) is 0 Å². The molecule has 0 bridgehead atoms. The molecule has 1 aromatic heterocycles. The van der Waals surface area contributed by atoms with Crippen LogP contribution in [-0.2, 0) is 5.75 Å². The molecule has 1 amide bonds. The molecule has 1 aliphatic heterocycles. The number of carbonyl (C=O) groups excluding carboxylic acids is 1. The maximum absolute atomic E-state index is 11.2. The molecule has 0 atom stereocenters. The zero-order chi connectivity index (χ0) is 20.1. The highest BCUT2D eigenvalue weighted by Gasteiger charge is 2.19. The molecule has 0 aliphatic carbocycles. The standard InChI is InChI=1S/C22H23N5OS/c23-22(28)18-6-8-19(9-7-18)26-10-12-27(13-11-26)20-14-24-15-21(25-20)29-16-17-4-2-1-3-5-17/h1-9,14-15H,10-13,16H2,(H2,23,28). The number of primary amides is 1. The van der Waals surface area contributed by atoms with Gasteiger partial charge in [-0.1, -0.05) is 30.3 Å². The van der Waals surface area contributed by atoms with E-state index in [2.05, 4.69) is 39.0 Å². The number of nitrogens with zero attached hydrogens (tertiary/aromatic N) is 4. The van der Waals surface area contributed by atoms with E-state index in [4.69, 9.17) is 10.7 Å². The van der Waals surface area contributed by atoms with Gasteiger partial charge in [-0.15, -0.1) is 11.8 Å². The Morgan fingerprint density at radius 1 is 0.931 bits per heavy atom. The fourth-order valence-electron chi connectivity index (χ4n) is 3.32. The van der Waals surface area contributed by atoms with E-state index in [1.807, 2.05) is 30.6 Å². The van der Waals surface area contributed by atoms with Crippen molar-refractivity contribution in [3.05, 3.63) is 78.1 Å². The number of nitrogens with two attached hydrogens (primary N) is 1. The van der Waals surface area contributed by atoms with Gasteiger partial charge in [-0.25, -0.2) is 4.98 Å². The predicted octanol–water partition coefficient (Wildman–Crippen LogP) is 3.19. The Morgan fingerprint density at radius 2 is 1.62 bits per heavy atom.